The molecule has 3 aromatic rings. The van der Waals surface area contributed by atoms with Gasteiger partial charge in [-0.25, -0.2) is 4.79 Å². The third-order valence-electron chi connectivity index (χ3n) is 6.30. The van der Waals surface area contributed by atoms with E-state index >= 15 is 0 Å². The van der Waals surface area contributed by atoms with Crippen molar-refractivity contribution in [1.82, 2.24) is 15.1 Å². The van der Waals surface area contributed by atoms with Crippen molar-refractivity contribution >= 4 is 6.09 Å². The number of fused-ring (bicyclic) bond motifs is 1. The lowest BCUT2D eigenvalue weighted by Gasteiger charge is -2.26. The van der Waals surface area contributed by atoms with Crippen LogP contribution in [0.2, 0.25) is 0 Å². The first-order valence-corrected chi connectivity index (χ1v) is 11.6. The molecule has 1 amide bonds. The molecule has 0 saturated carbocycles. The van der Waals surface area contributed by atoms with Gasteiger partial charge in [0.15, 0.2) is 11.5 Å². The molecule has 1 fully saturated rings. The fourth-order valence-corrected chi connectivity index (χ4v) is 4.43. The highest BCUT2D eigenvalue weighted by molar-refractivity contribution is 5.73. The standard InChI is InChI=1S/C26H25N5O6/c1-33-19-8-5-16(13-20(19)34-2)23-22-21(18(14-27)24(28)37-25(22)30-29-23)15-3-6-17(7-4-15)36-26(32)31-9-11-35-12-10-31/h3-8,13,21H,9-12,28H2,1-2H3,(H,29,30). The second kappa shape index (κ2) is 10.1. The first-order chi connectivity index (χ1) is 18.0. The van der Waals surface area contributed by atoms with Crippen LogP contribution < -0.4 is 24.7 Å². The number of allylic oxidation sites excluding steroid dienone is 1. The normalized spacial score (nSPS) is 16.9. The van der Waals surface area contributed by atoms with Crippen LogP contribution >= 0.6 is 0 Å². The number of morpholine rings is 1. The van der Waals surface area contributed by atoms with Crippen molar-refractivity contribution in [3.05, 3.63) is 65.0 Å². The highest BCUT2D eigenvalue weighted by Crippen LogP contribution is 2.46. The van der Waals surface area contributed by atoms with Gasteiger partial charge in [0.2, 0.25) is 11.8 Å². The smallest absolute Gasteiger partial charge is 0.415 e. The largest absolute Gasteiger partial charge is 0.493 e. The number of aromatic amines is 1. The molecule has 2 aliphatic heterocycles. The summed E-state index contributed by atoms with van der Waals surface area (Å²) in [6.07, 6.45) is -0.433. The molecule has 3 N–H and O–H groups in total. The Morgan fingerprint density at radius 3 is 2.54 bits per heavy atom. The van der Waals surface area contributed by atoms with Crippen LogP contribution in [0.1, 0.15) is 17.0 Å². The summed E-state index contributed by atoms with van der Waals surface area (Å²) in [5, 5.41) is 17.3. The summed E-state index contributed by atoms with van der Waals surface area (Å²) in [7, 11) is 3.12. The fraction of sp³-hybridized carbons (Fsp3) is 0.269. The minimum absolute atomic E-state index is 0.0202. The number of carbonyl (C=O) groups excluding carboxylic acids is 1. The van der Waals surface area contributed by atoms with Gasteiger partial charge in [0, 0.05) is 18.7 Å². The molecule has 5 rings (SSSR count). The second-order valence-corrected chi connectivity index (χ2v) is 8.35. The molecule has 0 radical (unpaired) electrons. The van der Waals surface area contributed by atoms with Crippen LogP contribution in [0.3, 0.4) is 0 Å². The van der Waals surface area contributed by atoms with E-state index in [1.54, 1.807) is 49.5 Å². The molecule has 11 nitrogen and oxygen atoms in total. The first-order valence-electron chi connectivity index (χ1n) is 11.6. The maximum atomic E-state index is 12.5. The number of H-pyrrole nitrogens is 1. The van der Waals surface area contributed by atoms with Crippen LogP contribution in [-0.2, 0) is 4.74 Å². The van der Waals surface area contributed by atoms with Gasteiger partial charge in [0.25, 0.3) is 0 Å². The van der Waals surface area contributed by atoms with Crippen molar-refractivity contribution < 1.29 is 28.5 Å². The summed E-state index contributed by atoms with van der Waals surface area (Å²) < 4.78 is 27.3. The van der Waals surface area contributed by atoms with Gasteiger partial charge in [-0.3, -0.25) is 5.10 Å². The van der Waals surface area contributed by atoms with Crippen LogP contribution in [-0.4, -0.2) is 61.7 Å². The van der Waals surface area contributed by atoms with Crippen molar-refractivity contribution in [2.24, 2.45) is 5.73 Å². The van der Waals surface area contributed by atoms with E-state index in [-0.39, 0.29) is 17.3 Å². The van der Waals surface area contributed by atoms with Gasteiger partial charge in [-0.1, -0.05) is 12.1 Å². The Morgan fingerprint density at radius 1 is 1.14 bits per heavy atom. The van der Waals surface area contributed by atoms with Crippen molar-refractivity contribution in [2.45, 2.75) is 5.92 Å². The minimum atomic E-state index is -0.570. The SMILES string of the molecule is COc1ccc(-c2[nH]nc3c2C(c2ccc(OC(=O)N4CCOCC4)cc2)C(C#N)=C(N)O3)cc1OC. The number of benzene rings is 2. The first kappa shape index (κ1) is 24.0. The van der Waals surface area contributed by atoms with E-state index in [2.05, 4.69) is 16.3 Å². The molecule has 190 valence electrons. The molecule has 3 heterocycles. The molecular formula is C26H25N5O6. The zero-order valence-electron chi connectivity index (χ0n) is 20.3. The molecule has 2 aromatic carbocycles. The minimum Gasteiger partial charge on any atom is -0.493 e. The number of hydrogen-bond donors (Lipinski definition) is 2. The highest BCUT2D eigenvalue weighted by Gasteiger charge is 2.36. The lowest BCUT2D eigenvalue weighted by molar-refractivity contribution is 0.0416. The lowest BCUT2D eigenvalue weighted by Crippen LogP contribution is -2.42. The number of carbonyl (C=O) groups is 1. The van der Waals surface area contributed by atoms with E-state index < -0.39 is 12.0 Å². The average molecular weight is 504 g/mol. The molecule has 0 bridgehead atoms. The quantitative estimate of drug-likeness (QED) is 0.536. The van der Waals surface area contributed by atoms with Gasteiger partial charge in [-0.15, -0.1) is 5.10 Å². The summed E-state index contributed by atoms with van der Waals surface area (Å²) in [5.41, 5.74) is 9.14. The Hall–Kier alpha value is -4.69. The number of hydrogen-bond acceptors (Lipinski definition) is 9. The Labute approximate surface area is 212 Å². The third-order valence-corrected chi connectivity index (χ3v) is 6.30. The van der Waals surface area contributed by atoms with Gasteiger partial charge in [0.05, 0.1) is 44.6 Å². The molecule has 1 saturated heterocycles. The van der Waals surface area contributed by atoms with Crippen LogP contribution in [0.4, 0.5) is 4.79 Å². The number of nitrogens with one attached hydrogen (secondary N) is 1. The maximum Gasteiger partial charge on any atom is 0.415 e. The number of aromatic nitrogens is 2. The summed E-state index contributed by atoms with van der Waals surface area (Å²) in [4.78, 5) is 14.1. The second-order valence-electron chi connectivity index (χ2n) is 8.35. The molecule has 0 spiro atoms. The molecule has 11 heteroatoms. The van der Waals surface area contributed by atoms with E-state index in [0.717, 1.165) is 11.1 Å². The maximum absolute atomic E-state index is 12.5. The van der Waals surface area contributed by atoms with E-state index in [1.165, 1.54) is 0 Å². The Bertz CT molecular complexity index is 1390. The van der Waals surface area contributed by atoms with E-state index in [1.807, 2.05) is 12.1 Å². The topological polar surface area (TPSA) is 145 Å². The van der Waals surface area contributed by atoms with Crippen LogP contribution in [0.5, 0.6) is 23.1 Å². The number of nitrogens with two attached hydrogens (primary N) is 1. The van der Waals surface area contributed by atoms with Crippen molar-refractivity contribution in [2.75, 3.05) is 40.5 Å². The molecule has 2 aliphatic rings. The van der Waals surface area contributed by atoms with E-state index in [4.69, 9.17) is 29.4 Å². The van der Waals surface area contributed by atoms with Crippen molar-refractivity contribution in [3.8, 4) is 40.5 Å². The fourth-order valence-electron chi connectivity index (χ4n) is 4.43. The van der Waals surface area contributed by atoms with Gasteiger partial charge in [0.1, 0.15) is 17.4 Å². The predicted octanol–water partition coefficient (Wildman–Crippen LogP) is 3.14. The Morgan fingerprint density at radius 2 is 1.86 bits per heavy atom. The summed E-state index contributed by atoms with van der Waals surface area (Å²) in [5.74, 6) is 1.19. The third kappa shape index (κ3) is 4.50. The Kier molecular flexibility index (Phi) is 6.57. The van der Waals surface area contributed by atoms with Gasteiger partial charge in [-0.2, -0.15) is 5.26 Å². The zero-order valence-corrected chi connectivity index (χ0v) is 20.3. The highest BCUT2D eigenvalue weighted by atomic mass is 16.6. The zero-order chi connectivity index (χ0) is 25.9. The van der Waals surface area contributed by atoms with Crippen LogP contribution in [0.25, 0.3) is 11.3 Å². The molecule has 0 aliphatic carbocycles. The molecule has 1 unspecified atom stereocenters. The van der Waals surface area contributed by atoms with Gasteiger partial charge < -0.3 is 34.3 Å². The van der Waals surface area contributed by atoms with Crippen molar-refractivity contribution in [3.63, 3.8) is 0 Å². The summed E-state index contributed by atoms with van der Waals surface area (Å²) >= 11 is 0. The lowest BCUT2D eigenvalue weighted by atomic mass is 9.83. The van der Waals surface area contributed by atoms with Gasteiger partial charge >= 0.3 is 6.09 Å². The molecular weight excluding hydrogens is 478 g/mol. The molecule has 1 atom stereocenters. The number of ether oxygens (including phenoxy) is 5. The average Bonchev–Trinajstić information content (AvgIpc) is 3.36. The van der Waals surface area contributed by atoms with Crippen molar-refractivity contribution in [1.29, 1.82) is 5.26 Å². The van der Waals surface area contributed by atoms with E-state index in [9.17, 15) is 10.1 Å². The number of nitrogens with zero attached hydrogens (tertiary/aromatic N) is 3. The molecule has 37 heavy (non-hydrogen) atoms. The van der Waals surface area contributed by atoms with Gasteiger partial charge in [-0.05, 0) is 35.9 Å². The van der Waals surface area contributed by atoms with Crippen LogP contribution in [0, 0.1) is 11.3 Å². The summed E-state index contributed by atoms with van der Waals surface area (Å²) in [6.45, 7) is 1.93. The number of nitriles is 1. The predicted molar refractivity (Wildman–Crippen MR) is 131 cm³/mol. The number of methoxy groups -OCH3 is 2. The van der Waals surface area contributed by atoms with E-state index in [0.29, 0.717) is 54.8 Å². The molecule has 1 aromatic heterocycles. The van der Waals surface area contributed by atoms with Crippen LogP contribution in [0.15, 0.2) is 53.9 Å². The number of amides is 1. The monoisotopic (exact) mass is 503 g/mol. The summed E-state index contributed by atoms with van der Waals surface area (Å²) in [6, 6.07) is 14.6. The number of rotatable bonds is 5. The Balaban J connectivity index is 1.50.